The molecule has 0 radical (unpaired) electrons. The summed E-state index contributed by atoms with van der Waals surface area (Å²) >= 11 is 0. The van der Waals surface area contributed by atoms with Gasteiger partial charge < -0.3 is 14.2 Å². The molecular weight excluding hydrogens is 287 g/mol. The number of aromatic nitrogens is 1. The number of piperidine rings is 1. The molecule has 126 valence electrons. The lowest BCUT2D eigenvalue weighted by atomic mass is 9.79. The highest BCUT2D eigenvalue weighted by molar-refractivity contribution is 6.62. The first-order valence-electron chi connectivity index (χ1n) is 8.66. The van der Waals surface area contributed by atoms with E-state index in [2.05, 4.69) is 57.5 Å². The van der Waals surface area contributed by atoms with Gasteiger partial charge in [-0.2, -0.15) is 0 Å². The molecule has 0 aliphatic carbocycles. The Morgan fingerprint density at radius 3 is 2.13 bits per heavy atom. The average molecular weight is 316 g/mol. The molecule has 0 bridgehead atoms. The van der Waals surface area contributed by atoms with Crippen LogP contribution in [0.25, 0.3) is 0 Å². The Bertz CT molecular complexity index is 560. The second kappa shape index (κ2) is 5.49. The minimum Gasteiger partial charge on any atom is -0.399 e. The van der Waals surface area contributed by atoms with Crippen molar-refractivity contribution >= 4 is 18.4 Å². The second-order valence-corrected chi connectivity index (χ2v) is 8.69. The van der Waals surface area contributed by atoms with Crippen molar-refractivity contribution in [2.75, 3.05) is 18.0 Å². The topological polar surface area (TPSA) is 34.6 Å². The van der Waals surface area contributed by atoms with Crippen molar-refractivity contribution in [3.05, 3.63) is 18.3 Å². The highest BCUT2D eigenvalue weighted by Crippen LogP contribution is 2.37. The van der Waals surface area contributed by atoms with Crippen LogP contribution in [0.3, 0.4) is 0 Å². The first-order valence-corrected chi connectivity index (χ1v) is 8.66. The highest BCUT2D eigenvalue weighted by Gasteiger charge is 2.51. The van der Waals surface area contributed by atoms with Crippen LogP contribution in [0.1, 0.15) is 54.4 Å². The number of rotatable bonds is 2. The Hall–Kier alpha value is -1.07. The fourth-order valence-corrected chi connectivity index (χ4v) is 3.07. The predicted molar refractivity (Wildman–Crippen MR) is 95.2 cm³/mol. The van der Waals surface area contributed by atoms with Crippen LogP contribution in [0.4, 0.5) is 5.82 Å². The molecule has 0 spiro atoms. The summed E-state index contributed by atoms with van der Waals surface area (Å²) in [5, 5.41) is 0. The summed E-state index contributed by atoms with van der Waals surface area (Å²) in [5.41, 5.74) is 0.880. The number of anilines is 1. The predicted octanol–water partition coefficient (Wildman–Crippen LogP) is 3.01. The Morgan fingerprint density at radius 2 is 1.57 bits per heavy atom. The van der Waals surface area contributed by atoms with Crippen LogP contribution in [-0.4, -0.2) is 36.4 Å². The molecule has 2 aliphatic rings. The summed E-state index contributed by atoms with van der Waals surface area (Å²) in [6.07, 6.45) is 4.28. The molecule has 2 saturated heterocycles. The van der Waals surface area contributed by atoms with E-state index in [0.717, 1.165) is 24.4 Å². The van der Waals surface area contributed by atoms with Gasteiger partial charge in [0.05, 0.1) is 11.2 Å². The fourth-order valence-electron chi connectivity index (χ4n) is 3.07. The molecule has 0 unspecified atom stereocenters. The van der Waals surface area contributed by atoms with E-state index >= 15 is 0 Å². The Morgan fingerprint density at radius 1 is 1.00 bits per heavy atom. The van der Waals surface area contributed by atoms with E-state index in [9.17, 15) is 0 Å². The van der Waals surface area contributed by atoms with Crippen LogP contribution in [-0.2, 0) is 9.31 Å². The maximum atomic E-state index is 6.16. The van der Waals surface area contributed by atoms with Crippen LogP contribution >= 0.6 is 0 Å². The molecule has 2 aliphatic heterocycles. The highest BCUT2D eigenvalue weighted by atomic mass is 16.7. The molecule has 0 N–H and O–H groups in total. The van der Waals surface area contributed by atoms with Gasteiger partial charge in [0.15, 0.2) is 0 Å². The first-order chi connectivity index (χ1) is 10.6. The minimum absolute atomic E-state index is 0.309. The molecule has 5 heteroatoms. The summed E-state index contributed by atoms with van der Waals surface area (Å²) in [6, 6.07) is 4.12. The molecular formula is C18H29BN2O2. The van der Waals surface area contributed by atoms with Gasteiger partial charge in [-0.1, -0.05) is 13.8 Å². The zero-order valence-electron chi connectivity index (χ0n) is 15.3. The maximum absolute atomic E-state index is 6.16. The summed E-state index contributed by atoms with van der Waals surface area (Å²) in [4.78, 5) is 6.94. The van der Waals surface area contributed by atoms with Crippen LogP contribution in [0, 0.1) is 5.41 Å². The molecule has 3 heterocycles. The summed E-state index contributed by atoms with van der Waals surface area (Å²) in [6.45, 7) is 15.2. The normalized spacial score (nSPS) is 25.7. The molecule has 3 rings (SSSR count). The van der Waals surface area contributed by atoms with Crippen LogP contribution in [0.15, 0.2) is 18.3 Å². The summed E-state index contributed by atoms with van der Waals surface area (Å²) < 4.78 is 12.3. The zero-order valence-corrected chi connectivity index (χ0v) is 15.3. The van der Waals surface area contributed by atoms with Crippen LogP contribution in [0.5, 0.6) is 0 Å². The number of hydrogen-bond donors (Lipinski definition) is 0. The van der Waals surface area contributed by atoms with Gasteiger partial charge in [0.2, 0.25) is 0 Å². The second-order valence-electron chi connectivity index (χ2n) is 8.69. The number of hydrogen-bond acceptors (Lipinski definition) is 4. The lowest BCUT2D eigenvalue weighted by Crippen LogP contribution is -2.41. The van der Waals surface area contributed by atoms with Crippen LogP contribution < -0.4 is 10.4 Å². The van der Waals surface area contributed by atoms with Crippen LogP contribution in [0.2, 0.25) is 0 Å². The van der Waals surface area contributed by atoms with E-state index < -0.39 is 0 Å². The Labute approximate surface area is 140 Å². The lowest BCUT2D eigenvalue weighted by Gasteiger charge is -2.37. The van der Waals surface area contributed by atoms with Crippen molar-refractivity contribution in [1.29, 1.82) is 0 Å². The van der Waals surface area contributed by atoms with E-state index in [4.69, 9.17) is 9.31 Å². The summed E-state index contributed by atoms with van der Waals surface area (Å²) in [7, 11) is -0.317. The van der Waals surface area contributed by atoms with Gasteiger partial charge in [0.1, 0.15) is 5.82 Å². The van der Waals surface area contributed by atoms with E-state index in [1.54, 1.807) is 0 Å². The number of pyridine rings is 1. The maximum Gasteiger partial charge on any atom is 0.495 e. The van der Waals surface area contributed by atoms with Crippen molar-refractivity contribution in [2.24, 2.45) is 5.41 Å². The van der Waals surface area contributed by atoms with Crippen molar-refractivity contribution in [3.63, 3.8) is 0 Å². The molecule has 0 saturated carbocycles. The van der Waals surface area contributed by atoms with Crippen molar-refractivity contribution < 1.29 is 9.31 Å². The Kier molecular flexibility index (Phi) is 4.00. The SMILES string of the molecule is CC1(C)CCN(c2cc(B3OC(C)(C)C(C)(C)O3)ccn2)CC1. The summed E-state index contributed by atoms with van der Waals surface area (Å²) in [5.74, 6) is 1.03. The van der Waals surface area contributed by atoms with E-state index in [0.29, 0.717) is 5.41 Å². The lowest BCUT2D eigenvalue weighted by molar-refractivity contribution is 0.00578. The largest absolute Gasteiger partial charge is 0.495 e. The van der Waals surface area contributed by atoms with Gasteiger partial charge in [0.25, 0.3) is 0 Å². The van der Waals surface area contributed by atoms with Crippen molar-refractivity contribution in [2.45, 2.75) is 65.6 Å². The molecule has 1 aromatic heterocycles. The van der Waals surface area contributed by atoms with Gasteiger partial charge in [-0.25, -0.2) is 4.98 Å². The Balaban J connectivity index is 1.77. The third-order valence-electron chi connectivity index (χ3n) is 5.74. The smallest absolute Gasteiger partial charge is 0.399 e. The number of nitrogens with zero attached hydrogens (tertiary/aromatic N) is 2. The van der Waals surface area contributed by atoms with Gasteiger partial charge in [0, 0.05) is 19.3 Å². The van der Waals surface area contributed by atoms with Crippen molar-refractivity contribution in [1.82, 2.24) is 4.98 Å². The van der Waals surface area contributed by atoms with Gasteiger partial charge >= 0.3 is 7.12 Å². The molecule has 0 atom stereocenters. The third-order valence-corrected chi connectivity index (χ3v) is 5.74. The van der Waals surface area contributed by atoms with E-state index in [1.165, 1.54) is 12.8 Å². The minimum atomic E-state index is -0.317. The third kappa shape index (κ3) is 3.27. The van der Waals surface area contributed by atoms with E-state index in [1.807, 2.05) is 12.3 Å². The van der Waals surface area contributed by atoms with Crippen molar-refractivity contribution in [3.8, 4) is 0 Å². The van der Waals surface area contributed by atoms with Gasteiger partial charge in [-0.05, 0) is 63.5 Å². The first kappa shape index (κ1) is 16.8. The average Bonchev–Trinajstić information content (AvgIpc) is 2.68. The molecule has 2 fully saturated rings. The molecule has 0 amide bonds. The monoisotopic (exact) mass is 316 g/mol. The van der Waals surface area contributed by atoms with Gasteiger partial charge in [-0.15, -0.1) is 0 Å². The molecule has 4 nitrogen and oxygen atoms in total. The quantitative estimate of drug-likeness (QED) is 0.786. The standard InChI is InChI=1S/C18H29BN2O2/c1-16(2)8-11-21(12-9-16)15-13-14(7-10-20-15)19-22-17(3,4)18(5,6)23-19/h7,10,13H,8-9,11-12H2,1-6H3. The zero-order chi connectivity index (χ0) is 16.9. The van der Waals surface area contributed by atoms with E-state index in [-0.39, 0.29) is 18.3 Å². The molecule has 0 aromatic carbocycles. The molecule has 23 heavy (non-hydrogen) atoms. The molecule has 1 aromatic rings. The fraction of sp³-hybridized carbons (Fsp3) is 0.722. The van der Waals surface area contributed by atoms with Gasteiger partial charge in [-0.3, -0.25) is 0 Å².